The molecule has 144 valence electrons. The van der Waals surface area contributed by atoms with Gasteiger partial charge in [-0.2, -0.15) is 0 Å². The van der Waals surface area contributed by atoms with Crippen molar-refractivity contribution in [1.82, 2.24) is 10.6 Å². The highest BCUT2D eigenvalue weighted by Crippen LogP contribution is 2.47. The van der Waals surface area contributed by atoms with Gasteiger partial charge in [-0.25, -0.2) is 4.39 Å². The van der Waals surface area contributed by atoms with Crippen LogP contribution in [-0.2, 0) is 22.0 Å². The second-order valence-corrected chi connectivity index (χ2v) is 8.49. The summed E-state index contributed by atoms with van der Waals surface area (Å²) in [5, 5.41) is 6.55. The summed E-state index contributed by atoms with van der Waals surface area (Å²) >= 11 is 0. The molecule has 0 saturated heterocycles. The molecule has 27 heavy (non-hydrogen) atoms. The molecule has 1 saturated carbocycles. The van der Waals surface area contributed by atoms with Crippen LogP contribution in [0.2, 0.25) is 0 Å². The lowest BCUT2D eigenvalue weighted by Crippen LogP contribution is -2.42. The van der Waals surface area contributed by atoms with E-state index in [1.54, 1.807) is 19.2 Å². The Labute approximate surface area is 162 Å². The SMILES string of the molecule is CN=C(NCCS(=O)Cc1ccccc1)NCC1(c2cccc(F)c2)CC1. The minimum absolute atomic E-state index is 0.00412. The lowest BCUT2D eigenvalue weighted by molar-refractivity contribution is 0.607. The number of halogens is 1. The van der Waals surface area contributed by atoms with Crippen LogP contribution in [0.15, 0.2) is 59.6 Å². The molecule has 2 N–H and O–H groups in total. The van der Waals surface area contributed by atoms with Crippen LogP contribution in [0.1, 0.15) is 24.0 Å². The van der Waals surface area contributed by atoms with E-state index in [2.05, 4.69) is 15.6 Å². The number of hydrogen-bond donors (Lipinski definition) is 2. The van der Waals surface area contributed by atoms with E-state index in [4.69, 9.17) is 0 Å². The molecule has 1 atom stereocenters. The van der Waals surface area contributed by atoms with E-state index >= 15 is 0 Å². The van der Waals surface area contributed by atoms with Crippen molar-refractivity contribution in [2.75, 3.05) is 25.9 Å². The van der Waals surface area contributed by atoms with Crippen molar-refractivity contribution in [3.63, 3.8) is 0 Å². The second-order valence-electron chi connectivity index (χ2n) is 6.92. The Balaban J connectivity index is 1.43. The van der Waals surface area contributed by atoms with Crippen LogP contribution in [0.3, 0.4) is 0 Å². The van der Waals surface area contributed by atoms with Gasteiger partial charge >= 0.3 is 0 Å². The van der Waals surface area contributed by atoms with Crippen molar-refractivity contribution in [3.8, 4) is 0 Å². The lowest BCUT2D eigenvalue weighted by atomic mass is 9.96. The van der Waals surface area contributed by atoms with Crippen LogP contribution < -0.4 is 10.6 Å². The summed E-state index contributed by atoms with van der Waals surface area (Å²) in [5.41, 5.74) is 2.12. The number of benzene rings is 2. The fourth-order valence-electron chi connectivity index (χ4n) is 3.13. The summed E-state index contributed by atoms with van der Waals surface area (Å²) in [6, 6.07) is 16.7. The zero-order valence-electron chi connectivity index (χ0n) is 15.6. The van der Waals surface area contributed by atoms with E-state index in [0.29, 0.717) is 30.6 Å². The fourth-order valence-corrected chi connectivity index (χ4v) is 4.16. The third-order valence-corrected chi connectivity index (χ3v) is 6.22. The Morgan fingerprint density at radius 2 is 1.93 bits per heavy atom. The first kappa shape index (κ1) is 19.5. The highest BCUT2D eigenvalue weighted by Gasteiger charge is 2.44. The molecule has 1 aliphatic carbocycles. The quantitative estimate of drug-likeness (QED) is 0.541. The molecule has 0 amide bonds. The lowest BCUT2D eigenvalue weighted by Gasteiger charge is -2.19. The maximum atomic E-state index is 13.5. The van der Waals surface area contributed by atoms with E-state index in [0.717, 1.165) is 24.0 Å². The smallest absolute Gasteiger partial charge is 0.191 e. The molecule has 0 aromatic heterocycles. The van der Waals surface area contributed by atoms with E-state index in [1.807, 2.05) is 36.4 Å². The molecule has 0 aliphatic heterocycles. The molecule has 0 heterocycles. The largest absolute Gasteiger partial charge is 0.356 e. The van der Waals surface area contributed by atoms with Gasteiger partial charge in [0.2, 0.25) is 0 Å². The van der Waals surface area contributed by atoms with Gasteiger partial charge in [-0.1, -0.05) is 42.5 Å². The van der Waals surface area contributed by atoms with Crippen molar-refractivity contribution in [3.05, 3.63) is 71.5 Å². The maximum absolute atomic E-state index is 13.5. The van der Waals surface area contributed by atoms with Gasteiger partial charge in [0.25, 0.3) is 0 Å². The molecule has 1 aliphatic rings. The topological polar surface area (TPSA) is 53.5 Å². The number of guanidine groups is 1. The molecule has 1 fully saturated rings. The van der Waals surface area contributed by atoms with E-state index in [-0.39, 0.29) is 11.2 Å². The molecule has 2 aromatic carbocycles. The molecular weight excluding hydrogens is 361 g/mol. The number of nitrogens with zero attached hydrogens (tertiary/aromatic N) is 1. The third-order valence-electron chi connectivity index (χ3n) is 4.90. The highest BCUT2D eigenvalue weighted by atomic mass is 32.2. The van der Waals surface area contributed by atoms with Crippen LogP contribution in [0, 0.1) is 5.82 Å². The average molecular weight is 388 g/mol. The summed E-state index contributed by atoms with van der Waals surface area (Å²) in [4.78, 5) is 4.23. The van der Waals surface area contributed by atoms with Crippen LogP contribution in [0.5, 0.6) is 0 Å². The summed E-state index contributed by atoms with van der Waals surface area (Å²) in [6.45, 7) is 1.30. The summed E-state index contributed by atoms with van der Waals surface area (Å²) < 4.78 is 25.7. The molecule has 0 spiro atoms. The Morgan fingerprint density at radius 1 is 1.15 bits per heavy atom. The molecule has 4 nitrogen and oxygen atoms in total. The highest BCUT2D eigenvalue weighted by molar-refractivity contribution is 7.84. The Bertz CT molecular complexity index is 806. The van der Waals surface area contributed by atoms with Crippen molar-refractivity contribution in [1.29, 1.82) is 0 Å². The van der Waals surface area contributed by atoms with Gasteiger partial charge in [0.15, 0.2) is 5.96 Å². The molecule has 3 rings (SSSR count). The van der Waals surface area contributed by atoms with Gasteiger partial charge < -0.3 is 10.6 Å². The van der Waals surface area contributed by atoms with Gasteiger partial charge in [0.1, 0.15) is 5.82 Å². The number of rotatable bonds is 8. The molecule has 0 radical (unpaired) electrons. The van der Waals surface area contributed by atoms with Crippen molar-refractivity contribution in [2.24, 2.45) is 4.99 Å². The summed E-state index contributed by atoms with van der Waals surface area (Å²) in [6.07, 6.45) is 2.09. The predicted molar refractivity (Wildman–Crippen MR) is 110 cm³/mol. The fraction of sp³-hybridized carbons (Fsp3) is 0.381. The number of hydrogen-bond acceptors (Lipinski definition) is 2. The van der Waals surface area contributed by atoms with Gasteiger partial charge in [0, 0.05) is 47.9 Å². The molecular formula is C21H26FN3OS. The summed E-state index contributed by atoms with van der Waals surface area (Å²) in [5.74, 6) is 1.62. The zero-order chi connectivity index (χ0) is 19.1. The van der Waals surface area contributed by atoms with Gasteiger partial charge in [-0.3, -0.25) is 9.20 Å². The predicted octanol–water partition coefficient (Wildman–Crippen LogP) is 2.97. The van der Waals surface area contributed by atoms with E-state index in [1.165, 1.54) is 6.07 Å². The van der Waals surface area contributed by atoms with Crippen molar-refractivity contribution in [2.45, 2.75) is 24.0 Å². The maximum Gasteiger partial charge on any atom is 0.191 e. The van der Waals surface area contributed by atoms with Gasteiger partial charge in [0.05, 0.1) is 0 Å². The Hall–Kier alpha value is -2.21. The van der Waals surface area contributed by atoms with Crippen LogP contribution >= 0.6 is 0 Å². The van der Waals surface area contributed by atoms with E-state index in [9.17, 15) is 8.60 Å². The molecule has 1 unspecified atom stereocenters. The van der Waals surface area contributed by atoms with Crippen LogP contribution in [0.4, 0.5) is 4.39 Å². The summed E-state index contributed by atoms with van der Waals surface area (Å²) in [7, 11) is 0.803. The molecule has 2 aromatic rings. The van der Waals surface area contributed by atoms with Crippen LogP contribution in [0.25, 0.3) is 0 Å². The standard InChI is InChI=1S/C21H26FN3OS/c1-23-20(24-12-13-27(26)15-17-6-3-2-4-7-17)25-16-21(10-11-21)18-8-5-9-19(22)14-18/h2-9,14H,10-13,15-16H2,1H3,(H2,23,24,25). The average Bonchev–Trinajstić information content (AvgIpc) is 3.46. The molecule has 0 bridgehead atoms. The normalized spacial score (nSPS) is 16.6. The van der Waals surface area contributed by atoms with Crippen LogP contribution in [-0.4, -0.2) is 36.1 Å². The zero-order valence-corrected chi connectivity index (χ0v) is 16.4. The van der Waals surface area contributed by atoms with E-state index < -0.39 is 10.8 Å². The van der Waals surface area contributed by atoms with Gasteiger partial charge in [-0.15, -0.1) is 0 Å². The third kappa shape index (κ3) is 5.63. The molecule has 6 heteroatoms. The van der Waals surface area contributed by atoms with Crippen molar-refractivity contribution >= 4 is 16.8 Å². The number of nitrogens with one attached hydrogen (secondary N) is 2. The first-order chi connectivity index (χ1) is 13.1. The minimum Gasteiger partial charge on any atom is -0.356 e. The Kier molecular flexibility index (Phi) is 6.61. The minimum atomic E-state index is -0.917. The first-order valence-corrected chi connectivity index (χ1v) is 10.7. The Morgan fingerprint density at radius 3 is 2.59 bits per heavy atom. The van der Waals surface area contributed by atoms with Gasteiger partial charge in [-0.05, 0) is 36.1 Å². The number of aliphatic imine (C=N–C) groups is 1. The first-order valence-electron chi connectivity index (χ1n) is 9.21. The van der Waals surface area contributed by atoms with Crippen molar-refractivity contribution < 1.29 is 8.60 Å². The second kappa shape index (κ2) is 9.13. The monoisotopic (exact) mass is 387 g/mol.